The summed E-state index contributed by atoms with van der Waals surface area (Å²) in [5, 5.41) is 0. The molecular weight excluding hydrogens is 174 g/mol. The number of nitrogens with zero attached hydrogens (tertiary/aromatic N) is 1. The van der Waals surface area contributed by atoms with E-state index in [0.717, 1.165) is 11.3 Å². The lowest BCUT2D eigenvalue weighted by molar-refractivity contribution is 0.101. The maximum absolute atomic E-state index is 11.1. The molecule has 78 valence electrons. The Balaban J connectivity index is 0.000000791. The number of hydrogen-bond acceptors (Lipinski definition) is 2. The summed E-state index contributed by atoms with van der Waals surface area (Å²) in [6, 6.07) is 7.60. The average molecular weight is 193 g/mol. The summed E-state index contributed by atoms with van der Waals surface area (Å²) >= 11 is 0. The van der Waals surface area contributed by atoms with Crippen LogP contribution >= 0.6 is 0 Å². The van der Waals surface area contributed by atoms with Crippen molar-refractivity contribution >= 4 is 11.5 Å². The van der Waals surface area contributed by atoms with Crippen molar-refractivity contribution in [3.63, 3.8) is 0 Å². The van der Waals surface area contributed by atoms with E-state index in [-0.39, 0.29) is 5.78 Å². The summed E-state index contributed by atoms with van der Waals surface area (Å²) in [6.45, 7) is 5.59. The first kappa shape index (κ1) is 12.7. The highest BCUT2D eigenvalue weighted by Gasteiger charge is 2.06. The highest BCUT2D eigenvalue weighted by Crippen LogP contribution is 2.17. The zero-order chi connectivity index (χ0) is 11.1. The fourth-order valence-electron chi connectivity index (χ4n) is 1.16. The van der Waals surface area contributed by atoms with Gasteiger partial charge in [0.05, 0.1) is 0 Å². The largest absolute Gasteiger partial charge is 0.377 e. The van der Waals surface area contributed by atoms with Gasteiger partial charge >= 0.3 is 0 Å². The molecule has 1 aromatic rings. The molecule has 14 heavy (non-hydrogen) atoms. The Hall–Kier alpha value is -1.31. The molecule has 0 aliphatic heterocycles. The number of rotatable bonds is 2. The summed E-state index contributed by atoms with van der Waals surface area (Å²) in [7, 11) is 3.86. The van der Waals surface area contributed by atoms with Crippen molar-refractivity contribution in [1.29, 1.82) is 0 Å². The third-order valence-corrected chi connectivity index (χ3v) is 1.77. The third kappa shape index (κ3) is 3.21. The fourth-order valence-corrected chi connectivity index (χ4v) is 1.16. The molecule has 0 atom stereocenters. The number of ketones is 1. The van der Waals surface area contributed by atoms with Crippen molar-refractivity contribution in [2.24, 2.45) is 0 Å². The molecule has 0 N–H and O–H groups in total. The smallest absolute Gasteiger partial charge is 0.161 e. The quantitative estimate of drug-likeness (QED) is 0.673. The number of Topliss-reactive ketones (excluding diaryl/α,β-unsaturated/α-hetero) is 1. The monoisotopic (exact) mass is 193 g/mol. The molecule has 0 saturated carbocycles. The van der Waals surface area contributed by atoms with E-state index in [2.05, 4.69) is 0 Å². The topological polar surface area (TPSA) is 20.3 Å². The van der Waals surface area contributed by atoms with Crippen molar-refractivity contribution < 1.29 is 4.79 Å². The molecule has 0 fully saturated rings. The molecule has 0 aliphatic rings. The second-order valence-electron chi connectivity index (χ2n) is 2.97. The molecule has 0 bridgehead atoms. The maximum Gasteiger partial charge on any atom is 0.161 e. The van der Waals surface area contributed by atoms with E-state index in [1.165, 1.54) is 0 Å². The molecule has 0 saturated heterocycles. The first-order valence-electron chi connectivity index (χ1n) is 4.90. The van der Waals surface area contributed by atoms with Gasteiger partial charge < -0.3 is 4.90 Å². The Morgan fingerprint density at radius 1 is 1.14 bits per heavy atom. The van der Waals surface area contributed by atoms with E-state index in [1.54, 1.807) is 6.92 Å². The summed E-state index contributed by atoms with van der Waals surface area (Å²) in [5.41, 5.74) is 1.76. The van der Waals surface area contributed by atoms with Crippen LogP contribution in [0.4, 0.5) is 5.69 Å². The van der Waals surface area contributed by atoms with Gasteiger partial charge in [-0.25, -0.2) is 0 Å². The molecule has 0 amide bonds. The summed E-state index contributed by atoms with van der Waals surface area (Å²) < 4.78 is 0. The second kappa shape index (κ2) is 6.19. The minimum Gasteiger partial charge on any atom is -0.377 e. The molecule has 0 aliphatic carbocycles. The number of anilines is 1. The van der Waals surface area contributed by atoms with Gasteiger partial charge in [0.25, 0.3) is 0 Å². The highest BCUT2D eigenvalue weighted by molar-refractivity contribution is 5.99. The van der Waals surface area contributed by atoms with Gasteiger partial charge in [0.1, 0.15) is 0 Å². The van der Waals surface area contributed by atoms with Crippen LogP contribution in [0.1, 0.15) is 31.1 Å². The lowest BCUT2D eigenvalue weighted by Gasteiger charge is -2.15. The van der Waals surface area contributed by atoms with Gasteiger partial charge in [-0.05, 0) is 19.1 Å². The Morgan fingerprint density at radius 3 is 2.00 bits per heavy atom. The zero-order valence-electron chi connectivity index (χ0n) is 9.66. The van der Waals surface area contributed by atoms with E-state index < -0.39 is 0 Å². The van der Waals surface area contributed by atoms with E-state index in [4.69, 9.17) is 0 Å². The standard InChI is InChI=1S/C10H13NO.C2H6/c1-8(12)9-6-4-5-7-10(9)11(2)3;1-2/h4-7H,1-3H3;1-2H3. The molecule has 0 radical (unpaired) electrons. The van der Waals surface area contributed by atoms with Gasteiger partial charge in [-0.1, -0.05) is 26.0 Å². The summed E-state index contributed by atoms with van der Waals surface area (Å²) in [4.78, 5) is 13.1. The molecule has 1 aromatic carbocycles. The number of carbonyl (C=O) groups excluding carboxylic acids is 1. The van der Waals surface area contributed by atoms with Gasteiger partial charge in [0.15, 0.2) is 5.78 Å². The Bertz CT molecular complexity index is 292. The van der Waals surface area contributed by atoms with E-state index in [0.29, 0.717) is 0 Å². The van der Waals surface area contributed by atoms with Gasteiger partial charge in [0, 0.05) is 25.3 Å². The number of hydrogen-bond donors (Lipinski definition) is 0. The average Bonchev–Trinajstić information content (AvgIpc) is 2.20. The zero-order valence-corrected chi connectivity index (χ0v) is 9.66. The molecule has 0 unspecified atom stereocenters. The first-order chi connectivity index (χ1) is 6.63. The van der Waals surface area contributed by atoms with E-state index >= 15 is 0 Å². The van der Waals surface area contributed by atoms with Crippen LogP contribution in [0.5, 0.6) is 0 Å². The van der Waals surface area contributed by atoms with Crippen LogP contribution in [-0.4, -0.2) is 19.9 Å². The van der Waals surface area contributed by atoms with Crippen molar-refractivity contribution in [2.75, 3.05) is 19.0 Å². The van der Waals surface area contributed by atoms with Crippen molar-refractivity contribution in [3.05, 3.63) is 29.8 Å². The van der Waals surface area contributed by atoms with E-state index in [1.807, 2.05) is 57.1 Å². The molecule has 0 aromatic heterocycles. The van der Waals surface area contributed by atoms with Gasteiger partial charge in [-0.15, -0.1) is 0 Å². The Labute approximate surface area is 86.5 Å². The third-order valence-electron chi connectivity index (χ3n) is 1.77. The van der Waals surface area contributed by atoms with Crippen molar-refractivity contribution in [1.82, 2.24) is 0 Å². The van der Waals surface area contributed by atoms with Gasteiger partial charge in [0.2, 0.25) is 0 Å². The lowest BCUT2D eigenvalue weighted by atomic mass is 10.1. The van der Waals surface area contributed by atoms with Crippen LogP contribution in [0.25, 0.3) is 0 Å². The minimum atomic E-state index is 0.110. The number of benzene rings is 1. The predicted octanol–water partition coefficient (Wildman–Crippen LogP) is 2.98. The maximum atomic E-state index is 11.1. The number of para-hydroxylation sites is 1. The summed E-state index contributed by atoms with van der Waals surface area (Å²) in [5.74, 6) is 0.110. The van der Waals surface area contributed by atoms with Gasteiger partial charge in [-0.2, -0.15) is 0 Å². The molecule has 2 heteroatoms. The van der Waals surface area contributed by atoms with Crippen molar-refractivity contribution in [2.45, 2.75) is 20.8 Å². The Morgan fingerprint density at radius 2 is 1.64 bits per heavy atom. The normalized spacial score (nSPS) is 8.64. The van der Waals surface area contributed by atoms with Crippen molar-refractivity contribution in [3.8, 4) is 0 Å². The molecule has 0 heterocycles. The second-order valence-corrected chi connectivity index (χ2v) is 2.97. The highest BCUT2D eigenvalue weighted by atomic mass is 16.1. The summed E-state index contributed by atoms with van der Waals surface area (Å²) in [6.07, 6.45) is 0. The molecule has 2 nitrogen and oxygen atoms in total. The van der Waals surface area contributed by atoms with Crippen LogP contribution in [0.3, 0.4) is 0 Å². The van der Waals surface area contributed by atoms with Crippen LogP contribution < -0.4 is 4.90 Å². The van der Waals surface area contributed by atoms with Crippen LogP contribution in [0, 0.1) is 0 Å². The molecule has 1 rings (SSSR count). The predicted molar refractivity (Wildman–Crippen MR) is 62.1 cm³/mol. The SMILES string of the molecule is CC.CC(=O)c1ccccc1N(C)C. The molecular formula is C12H19NO. The lowest BCUT2D eigenvalue weighted by Crippen LogP contribution is -2.12. The van der Waals surface area contributed by atoms with E-state index in [9.17, 15) is 4.79 Å². The minimum absolute atomic E-state index is 0.110. The Kier molecular flexibility index (Phi) is 5.61. The van der Waals surface area contributed by atoms with Crippen LogP contribution in [-0.2, 0) is 0 Å². The number of carbonyl (C=O) groups is 1. The van der Waals surface area contributed by atoms with Gasteiger partial charge in [-0.3, -0.25) is 4.79 Å². The fraction of sp³-hybridized carbons (Fsp3) is 0.417. The van der Waals surface area contributed by atoms with Crippen LogP contribution in [0.15, 0.2) is 24.3 Å². The van der Waals surface area contributed by atoms with Crippen LogP contribution in [0.2, 0.25) is 0 Å². The first-order valence-corrected chi connectivity index (χ1v) is 4.90. The molecule has 0 spiro atoms.